The standard InChI is InChI=1S/C15H20N2O3S/c1-10-4-3-5-11(2)14(10)16-15(18)12-8-17(9-12)21(19,20)13-6-7-13/h3-5,12-13H,6-9H2,1-2H3,(H,16,18). The minimum Gasteiger partial charge on any atom is -0.325 e. The number of para-hydroxylation sites is 1. The molecule has 1 N–H and O–H groups in total. The van der Waals surface area contributed by atoms with Gasteiger partial charge in [-0.25, -0.2) is 8.42 Å². The molecular weight excluding hydrogens is 288 g/mol. The van der Waals surface area contributed by atoms with Gasteiger partial charge in [0.25, 0.3) is 0 Å². The highest BCUT2D eigenvalue weighted by atomic mass is 32.2. The molecule has 0 spiro atoms. The summed E-state index contributed by atoms with van der Waals surface area (Å²) < 4.78 is 25.5. The van der Waals surface area contributed by atoms with Crippen molar-refractivity contribution in [1.82, 2.24) is 4.31 Å². The molecule has 6 heteroatoms. The van der Waals surface area contributed by atoms with Crippen LogP contribution in [0, 0.1) is 19.8 Å². The van der Waals surface area contributed by atoms with Crippen molar-refractivity contribution in [2.45, 2.75) is 31.9 Å². The fraction of sp³-hybridized carbons (Fsp3) is 0.533. The van der Waals surface area contributed by atoms with Crippen LogP contribution in [0.25, 0.3) is 0 Å². The van der Waals surface area contributed by atoms with Crippen molar-refractivity contribution in [2.24, 2.45) is 5.92 Å². The maximum Gasteiger partial charge on any atom is 0.230 e. The molecule has 2 fully saturated rings. The van der Waals surface area contributed by atoms with E-state index in [4.69, 9.17) is 0 Å². The number of sulfonamides is 1. The van der Waals surface area contributed by atoms with Crippen molar-refractivity contribution in [3.05, 3.63) is 29.3 Å². The van der Waals surface area contributed by atoms with Gasteiger partial charge < -0.3 is 5.32 Å². The minimum atomic E-state index is -3.13. The van der Waals surface area contributed by atoms with Crippen molar-refractivity contribution in [2.75, 3.05) is 18.4 Å². The van der Waals surface area contributed by atoms with Crippen LogP contribution in [-0.4, -0.2) is 37.0 Å². The molecule has 1 aromatic carbocycles. The van der Waals surface area contributed by atoms with Crippen LogP contribution in [0.1, 0.15) is 24.0 Å². The second-order valence-corrected chi connectivity index (χ2v) is 8.23. The molecule has 1 aliphatic carbocycles. The van der Waals surface area contributed by atoms with Crippen LogP contribution in [0.2, 0.25) is 0 Å². The van der Waals surface area contributed by atoms with Gasteiger partial charge in [-0.2, -0.15) is 4.31 Å². The molecule has 1 aliphatic heterocycles. The normalized spacial score (nSPS) is 20.1. The highest BCUT2D eigenvalue weighted by Crippen LogP contribution is 2.34. The monoisotopic (exact) mass is 308 g/mol. The Kier molecular flexibility index (Phi) is 3.53. The molecule has 21 heavy (non-hydrogen) atoms. The number of aryl methyl sites for hydroxylation is 2. The molecule has 5 nitrogen and oxygen atoms in total. The van der Waals surface area contributed by atoms with E-state index < -0.39 is 10.0 Å². The van der Waals surface area contributed by atoms with Gasteiger partial charge in [0.05, 0.1) is 11.2 Å². The van der Waals surface area contributed by atoms with E-state index in [1.54, 1.807) is 0 Å². The fourth-order valence-corrected chi connectivity index (χ4v) is 4.55. The molecular formula is C15H20N2O3S. The summed E-state index contributed by atoms with van der Waals surface area (Å²) >= 11 is 0. The van der Waals surface area contributed by atoms with Crippen molar-refractivity contribution in [3.63, 3.8) is 0 Å². The smallest absolute Gasteiger partial charge is 0.230 e. The van der Waals surface area contributed by atoms with Crippen LogP contribution in [0.4, 0.5) is 5.69 Å². The Morgan fingerprint density at radius 1 is 1.19 bits per heavy atom. The van der Waals surface area contributed by atoms with Gasteiger partial charge in [-0.15, -0.1) is 0 Å². The third kappa shape index (κ3) is 2.70. The van der Waals surface area contributed by atoms with Gasteiger partial charge in [-0.05, 0) is 37.8 Å². The number of nitrogens with zero attached hydrogens (tertiary/aromatic N) is 1. The molecule has 1 heterocycles. The maximum absolute atomic E-state index is 12.2. The first kappa shape index (κ1) is 14.5. The molecule has 3 rings (SSSR count). The zero-order valence-corrected chi connectivity index (χ0v) is 13.1. The molecule has 1 aromatic rings. The Balaban J connectivity index is 1.61. The zero-order chi connectivity index (χ0) is 15.2. The quantitative estimate of drug-likeness (QED) is 0.920. The lowest BCUT2D eigenvalue weighted by molar-refractivity contribution is -0.122. The Morgan fingerprint density at radius 2 is 1.76 bits per heavy atom. The average Bonchev–Trinajstić information content (AvgIpc) is 3.16. The Morgan fingerprint density at radius 3 is 2.29 bits per heavy atom. The summed E-state index contributed by atoms with van der Waals surface area (Å²) in [5, 5.41) is 2.74. The third-order valence-electron chi connectivity index (χ3n) is 4.25. The Bertz CT molecular complexity index is 654. The number of hydrogen-bond donors (Lipinski definition) is 1. The van der Waals surface area contributed by atoms with Gasteiger partial charge in [0, 0.05) is 18.8 Å². The van der Waals surface area contributed by atoms with E-state index in [9.17, 15) is 13.2 Å². The van der Waals surface area contributed by atoms with Crippen molar-refractivity contribution >= 4 is 21.6 Å². The van der Waals surface area contributed by atoms with Gasteiger partial charge in [-0.3, -0.25) is 4.79 Å². The summed E-state index contributed by atoms with van der Waals surface area (Å²) in [5.41, 5.74) is 2.88. The molecule has 0 unspecified atom stereocenters. The van der Waals surface area contributed by atoms with Crippen LogP contribution in [0.5, 0.6) is 0 Å². The molecule has 2 aliphatic rings. The molecule has 1 saturated heterocycles. The number of rotatable bonds is 4. The molecule has 0 atom stereocenters. The van der Waals surface area contributed by atoms with Gasteiger partial charge in [-0.1, -0.05) is 18.2 Å². The summed E-state index contributed by atoms with van der Waals surface area (Å²) in [6.07, 6.45) is 1.52. The summed E-state index contributed by atoms with van der Waals surface area (Å²) in [6, 6.07) is 5.86. The predicted molar refractivity (Wildman–Crippen MR) is 81.6 cm³/mol. The minimum absolute atomic E-state index is 0.0883. The highest BCUT2D eigenvalue weighted by Gasteiger charge is 2.46. The number of amides is 1. The lowest BCUT2D eigenvalue weighted by atomic mass is 10.0. The first-order valence-electron chi connectivity index (χ1n) is 7.25. The number of carbonyl (C=O) groups excluding carboxylic acids is 1. The van der Waals surface area contributed by atoms with E-state index in [0.717, 1.165) is 29.7 Å². The van der Waals surface area contributed by atoms with Crippen LogP contribution >= 0.6 is 0 Å². The highest BCUT2D eigenvalue weighted by molar-refractivity contribution is 7.90. The number of hydrogen-bond acceptors (Lipinski definition) is 3. The van der Waals surface area contributed by atoms with Crippen LogP contribution in [0.15, 0.2) is 18.2 Å². The predicted octanol–water partition coefficient (Wildman–Crippen LogP) is 1.67. The summed E-state index contributed by atoms with van der Waals surface area (Å²) in [4.78, 5) is 12.2. The average molecular weight is 308 g/mol. The van der Waals surface area contributed by atoms with E-state index in [1.165, 1.54) is 4.31 Å². The van der Waals surface area contributed by atoms with E-state index in [2.05, 4.69) is 5.32 Å². The van der Waals surface area contributed by atoms with Crippen molar-refractivity contribution < 1.29 is 13.2 Å². The molecule has 1 saturated carbocycles. The topological polar surface area (TPSA) is 66.5 Å². The second kappa shape index (κ2) is 5.10. The molecule has 0 radical (unpaired) electrons. The first-order chi connectivity index (χ1) is 9.89. The van der Waals surface area contributed by atoms with E-state index in [0.29, 0.717) is 13.1 Å². The third-order valence-corrected chi connectivity index (χ3v) is 6.59. The van der Waals surface area contributed by atoms with E-state index >= 15 is 0 Å². The summed E-state index contributed by atoms with van der Waals surface area (Å²) in [6.45, 7) is 4.53. The van der Waals surface area contributed by atoms with Crippen LogP contribution < -0.4 is 5.32 Å². The van der Waals surface area contributed by atoms with Gasteiger partial charge >= 0.3 is 0 Å². The zero-order valence-electron chi connectivity index (χ0n) is 12.3. The Hall–Kier alpha value is -1.40. The summed E-state index contributed by atoms with van der Waals surface area (Å²) in [5.74, 6) is -0.327. The van der Waals surface area contributed by atoms with Gasteiger partial charge in [0.1, 0.15) is 0 Å². The SMILES string of the molecule is Cc1cccc(C)c1NC(=O)C1CN(S(=O)(=O)C2CC2)C1. The van der Waals surface area contributed by atoms with Crippen LogP contribution in [0.3, 0.4) is 0 Å². The number of anilines is 1. The molecule has 0 aromatic heterocycles. The molecule has 114 valence electrons. The summed E-state index contributed by atoms with van der Waals surface area (Å²) in [7, 11) is -3.13. The number of nitrogens with one attached hydrogen (secondary N) is 1. The second-order valence-electron chi connectivity index (χ2n) is 6.01. The largest absolute Gasteiger partial charge is 0.325 e. The van der Waals surface area contributed by atoms with Crippen molar-refractivity contribution in [3.8, 4) is 0 Å². The lowest BCUT2D eigenvalue weighted by Gasteiger charge is -2.37. The van der Waals surface area contributed by atoms with Crippen molar-refractivity contribution in [1.29, 1.82) is 0 Å². The van der Waals surface area contributed by atoms with E-state index in [1.807, 2.05) is 32.0 Å². The number of carbonyl (C=O) groups is 1. The fourth-order valence-electron chi connectivity index (χ4n) is 2.63. The Labute approximate surface area is 125 Å². The van der Waals surface area contributed by atoms with Gasteiger partial charge in [0.15, 0.2) is 0 Å². The maximum atomic E-state index is 12.2. The molecule has 1 amide bonds. The van der Waals surface area contributed by atoms with Crippen LogP contribution in [-0.2, 0) is 14.8 Å². The first-order valence-corrected chi connectivity index (χ1v) is 8.76. The molecule has 0 bridgehead atoms. The lowest BCUT2D eigenvalue weighted by Crippen LogP contribution is -2.55. The number of benzene rings is 1. The van der Waals surface area contributed by atoms with Gasteiger partial charge in [0.2, 0.25) is 15.9 Å². The van der Waals surface area contributed by atoms with E-state index in [-0.39, 0.29) is 17.1 Å².